The van der Waals surface area contributed by atoms with Gasteiger partial charge in [-0.05, 0) is 43.2 Å². The van der Waals surface area contributed by atoms with Crippen LogP contribution in [0.3, 0.4) is 0 Å². The maximum Gasteiger partial charge on any atom is 0.280 e. The molecule has 0 radical (unpaired) electrons. The van der Waals surface area contributed by atoms with Gasteiger partial charge in [-0.25, -0.2) is 4.68 Å². The minimum atomic E-state index is -0.391. The molecule has 2 aromatic carbocycles. The van der Waals surface area contributed by atoms with Gasteiger partial charge < -0.3 is 15.4 Å². The minimum Gasteiger partial charge on any atom is -0.493 e. The molecule has 4 rings (SSSR count). The lowest BCUT2D eigenvalue weighted by atomic mass is 10.2. The molecule has 142 valence electrons. The first-order valence-electron chi connectivity index (χ1n) is 9.05. The molecular formula is C21H20N4O3. The third kappa shape index (κ3) is 3.88. The zero-order valence-electron chi connectivity index (χ0n) is 15.4. The van der Waals surface area contributed by atoms with Crippen LogP contribution in [-0.4, -0.2) is 28.7 Å². The van der Waals surface area contributed by atoms with E-state index in [9.17, 15) is 9.59 Å². The van der Waals surface area contributed by atoms with Gasteiger partial charge in [0, 0.05) is 17.3 Å². The van der Waals surface area contributed by atoms with Crippen LogP contribution in [0, 0.1) is 5.92 Å². The fourth-order valence-corrected chi connectivity index (χ4v) is 2.83. The van der Waals surface area contributed by atoms with Crippen LogP contribution in [0.25, 0.3) is 5.69 Å². The summed E-state index contributed by atoms with van der Waals surface area (Å²) in [7, 11) is 1.50. The predicted octanol–water partition coefficient (Wildman–Crippen LogP) is 3.48. The first-order valence-corrected chi connectivity index (χ1v) is 9.05. The van der Waals surface area contributed by atoms with Gasteiger partial charge in [0.15, 0.2) is 11.4 Å². The number of nitrogens with one attached hydrogen (secondary N) is 2. The number of amides is 2. The largest absolute Gasteiger partial charge is 0.493 e. The second-order valence-corrected chi connectivity index (χ2v) is 6.62. The van der Waals surface area contributed by atoms with E-state index in [1.54, 1.807) is 35.1 Å². The first kappa shape index (κ1) is 17.8. The number of ether oxygens (including phenoxy) is 1. The van der Waals surface area contributed by atoms with Crippen molar-refractivity contribution in [3.8, 4) is 11.4 Å². The molecule has 0 spiro atoms. The average molecular weight is 376 g/mol. The van der Waals surface area contributed by atoms with Gasteiger partial charge in [-0.2, -0.15) is 5.10 Å². The molecule has 1 aliphatic rings. The molecule has 7 nitrogen and oxygen atoms in total. The van der Waals surface area contributed by atoms with Crippen LogP contribution in [0.15, 0.2) is 60.8 Å². The molecule has 0 aliphatic heterocycles. The van der Waals surface area contributed by atoms with Crippen LogP contribution in [-0.2, 0) is 4.79 Å². The van der Waals surface area contributed by atoms with Crippen LogP contribution in [0.1, 0.15) is 23.3 Å². The Balaban J connectivity index is 1.52. The Bertz CT molecular complexity index is 1010. The molecule has 1 heterocycles. The zero-order valence-corrected chi connectivity index (χ0v) is 15.4. The monoisotopic (exact) mass is 376 g/mol. The van der Waals surface area contributed by atoms with Gasteiger partial charge in [-0.3, -0.25) is 9.59 Å². The van der Waals surface area contributed by atoms with E-state index < -0.39 is 5.91 Å². The summed E-state index contributed by atoms with van der Waals surface area (Å²) in [4.78, 5) is 24.7. The number of anilines is 2. The number of benzene rings is 2. The number of methoxy groups -OCH3 is 1. The molecule has 3 aromatic rings. The maximum atomic E-state index is 12.7. The van der Waals surface area contributed by atoms with Crippen molar-refractivity contribution >= 4 is 23.2 Å². The normalized spacial score (nSPS) is 13.0. The summed E-state index contributed by atoms with van der Waals surface area (Å²) < 4.78 is 6.91. The molecule has 0 unspecified atom stereocenters. The van der Waals surface area contributed by atoms with Crippen LogP contribution in [0.5, 0.6) is 5.75 Å². The van der Waals surface area contributed by atoms with E-state index in [2.05, 4.69) is 15.7 Å². The van der Waals surface area contributed by atoms with Crippen molar-refractivity contribution in [3.05, 3.63) is 66.5 Å². The summed E-state index contributed by atoms with van der Waals surface area (Å²) in [6.07, 6.45) is 3.54. The molecule has 0 atom stereocenters. The number of carbonyl (C=O) groups excluding carboxylic acids is 2. The second-order valence-electron chi connectivity index (χ2n) is 6.62. The average Bonchev–Trinajstić information content (AvgIpc) is 3.47. The van der Waals surface area contributed by atoms with Crippen LogP contribution < -0.4 is 15.4 Å². The Morgan fingerprint density at radius 1 is 1.04 bits per heavy atom. The van der Waals surface area contributed by atoms with Crippen molar-refractivity contribution in [3.63, 3.8) is 0 Å². The maximum absolute atomic E-state index is 12.7. The van der Waals surface area contributed by atoms with E-state index in [1.165, 1.54) is 7.11 Å². The van der Waals surface area contributed by atoms with Gasteiger partial charge in [0.1, 0.15) is 0 Å². The van der Waals surface area contributed by atoms with Crippen molar-refractivity contribution in [1.82, 2.24) is 9.78 Å². The van der Waals surface area contributed by atoms with E-state index in [1.807, 2.05) is 30.3 Å². The SMILES string of the molecule is COc1cn(-c2ccccc2)nc1C(=O)Nc1cccc(NC(=O)C2CC2)c1. The first-order chi connectivity index (χ1) is 13.6. The van der Waals surface area contributed by atoms with Crippen molar-refractivity contribution in [1.29, 1.82) is 0 Å². The molecule has 0 bridgehead atoms. The third-order valence-corrected chi connectivity index (χ3v) is 4.47. The van der Waals surface area contributed by atoms with E-state index >= 15 is 0 Å². The summed E-state index contributed by atoms with van der Waals surface area (Å²) in [6.45, 7) is 0. The number of carbonyl (C=O) groups is 2. The van der Waals surface area contributed by atoms with Gasteiger partial charge in [0.2, 0.25) is 5.91 Å². The van der Waals surface area contributed by atoms with Gasteiger partial charge in [-0.15, -0.1) is 0 Å². The highest BCUT2D eigenvalue weighted by Gasteiger charge is 2.29. The topological polar surface area (TPSA) is 85.2 Å². The Labute approximate surface area is 162 Å². The van der Waals surface area contributed by atoms with Gasteiger partial charge in [0.25, 0.3) is 5.91 Å². The van der Waals surface area contributed by atoms with Crippen molar-refractivity contribution in [2.24, 2.45) is 5.92 Å². The number of aromatic nitrogens is 2. The summed E-state index contributed by atoms with van der Waals surface area (Å²) >= 11 is 0. The summed E-state index contributed by atoms with van der Waals surface area (Å²) in [5.74, 6) is 0.118. The van der Waals surface area contributed by atoms with Gasteiger partial charge in [0.05, 0.1) is 19.0 Å². The number of nitrogens with zero attached hydrogens (tertiary/aromatic N) is 2. The number of hydrogen-bond donors (Lipinski definition) is 2. The smallest absolute Gasteiger partial charge is 0.280 e. The van der Waals surface area contributed by atoms with Gasteiger partial charge >= 0.3 is 0 Å². The highest BCUT2D eigenvalue weighted by molar-refractivity contribution is 6.05. The molecule has 28 heavy (non-hydrogen) atoms. The van der Waals surface area contributed by atoms with Crippen molar-refractivity contribution in [2.45, 2.75) is 12.8 Å². The molecule has 2 amide bonds. The van der Waals surface area contributed by atoms with E-state index in [0.29, 0.717) is 17.1 Å². The Kier molecular flexibility index (Phi) is 4.80. The standard InChI is InChI=1S/C21H20N4O3/c1-28-18-13-25(17-8-3-2-4-9-17)24-19(18)21(27)23-16-7-5-6-15(12-16)22-20(26)14-10-11-14/h2-9,12-14H,10-11H2,1H3,(H,22,26)(H,23,27). The fraction of sp³-hybridized carbons (Fsp3) is 0.190. The molecule has 1 fully saturated rings. The Morgan fingerprint density at radius 2 is 1.75 bits per heavy atom. The second kappa shape index (κ2) is 7.56. The highest BCUT2D eigenvalue weighted by Crippen LogP contribution is 2.30. The quantitative estimate of drug-likeness (QED) is 0.690. The summed E-state index contributed by atoms with van der Waals surface area (Å²) in [5.41, 5.74) is 2.22. The van der Waals surface area contributed by atoms with Crippen LogP contribution >= 0.6 is 0 Å². The summed E-state index contributed by atoms with van der Waals surface area (Å²) in [6, 6.07) is 16.5. The number of rotatable bonds is 6. The Hall–Kier alpha value is -3.61. The lowest BCUT2D eigenvalue weighted by Crippen LogP contribution is -2.15. The van der Waals surface area contributed by atoms with Crippen molar-refractivity contribution in [2.75, 3.05) is 17.7 Å². The van der Waals surface area contributed by atoms with Crippen LogP contribution in [0.4, 0.5) is 11.4 Å². The lowest BCUT2D eigenvalue weighted by molar-refractivity contribution is -0.117. The summed E-state index contributed by atoms with van der Waals surface area (Å²) in [5, 5.41) is 10.0. The third-order valence-electron chi connectivity index (χ3n) is 4.47. The van der Waals surface area contributed by atoms with E-state index in [0.717, 1.165) is 18.5 Å². The molecule has 1 aromatic heterocycles. The van der Waals surface area contributed by atoms with Crippen molar-refractivity contribution < 1.29 is 14.3 Å². The van der Waals surface area contributed by atoms with Gasteiger partial charge in [-0.1, -0.05) is 24.3 Å². The molecular weight excluding hydrogens is 356 g/mol. The molecule has 1 saturated carbocycles. The molecule has 0 saturated heterocycles. The zero-order chi connectivity index (χ0) is 19.5. The fourth-order valence-electron chi connectivity index (χ4n) is 2.83. The van der Waals surface area contributed by atoms with Crippen LogP contribution in [0.2, 0.25) is 0 Å². The molecule has 2 N–H and O–H groups in total. The van der Waals surface area contributed by atoms with E-state index in [4.69, 9.17) is 4.74 Å². The molecule has 1 aliphatic carbocycles. The Morgan fingerprint density at radius 3 is 2.43 bits per heavy atom. The highest BCUT2D eigenvalue weighted by atomic mass is 16.5. The minimum absolute atomic E-state index is 0.0201. The number of para-hydroxylation sites is 1. The predicted molar refractivity (Wildman–Crippen MR) is 106 cm³/mol. The molecule has 7 heteroatoms. The lowest BCUT2D eigenvalue weighted by Gasteiger charge is -2.08. The number of hydrogen-bond acceptors (Lipinski definition) is 4. The van der Waals surface area contributed by atoms with E-state index in [-0.39, 0.29) is 17.5 Å².